The van der Waals surface area contributed by atoms with Crippen molar-refractivity contribution in [2.24, 2.45) is 5.92 Å². The summed E-state index contributed by atoms with van der Waals surface area (Å²) in [5.74, 6) is 0.429. The molecule has 2 rings (SSSR count). The van der Waals surface area contributed by atoms with Crippen LogP contribution in [0.4, 0.5) is 0 Å². The van der Waals surface area contributed by atoms with Crippen LogP contribution in [0, 0.1) is 5.92 Å². The van der Waals surface area contributed by atoms with Crippen LogP contribution in [0.1, 0.15) is 19.7 Å². The first-order valence-electron chi connectivity index (χ1n) is 6.27. The summed E-state index contributed by atoms with van der Waals surface area (Å²) in [6.07, 6.45) is 0. The number of oxazole rings is 1. The summed E-state index contributed by atoms with van der Waals surface area (Å²) in [4.78, 5) is 16.0. The monoisotopic (exact) mass is 262 g/mol. The first-order chi connectivity index (χ1) is 9.11. The second kappa shape index (κ2) is 5.84. The van der Waals surface area contributed by atoms with E-state index in [0.717, 1.165) is 11.1 Å². The molecule has 19 heavy (non-hydrogen) atoms. The molecule has 2 aromatic rings. The number of carbonyl (C=O) groups is 1. The molecule has 1 unspecified atom stereocenters. The molecule has 0 fully saturated rings. The van der Waals surface area contributed by atoms with Crippen LogP contribution in [0.25, 0.3) is 11.1 Å². The number of hydrogen-bond acceptors (Lipinski definition) is 5. The van der Waals surface area contributed by atoms with Crippen LogP contribution in [0.15, 0.2) is 28.7 Å². The van der Waals surface area contributed by atoms with Crippen LogP contribution in [0.3, 0.4) is 0 Å². The number of benzene rings is 1. The van der Waals surface area contributed by atoms with Crippen molar-refractivity contribution >= 4 is 17.1 Å². The molecule has 0 spiro atoms. The molecule has 0 radical (unpaired) electrons. The van der Waals surface area contributed by atoms with E-state index < -0.39 is 0 Å². The normalized spacial score (nSPS) is 12.8. The van der Waals surface area contributed by atoms with Crippen molar-refractivity contribution in [3.05, 3.63) is 30.2 Å². The summed E-state index contributed by atoms with van der Waals surface area (Å²) >= 11 is 0. The maximum absolute atomic E-state index is 11.6. The highest BCUT2D eigenvalue weighted by atomic mass is 16.5. The van der Waals surface area contributed by atoms with E-state index in [9.17, 15) is 4.79 Å². The highest BCUT2D eigenvalue weighted by molar-refractivity contribution is 5.76. The lowest BCUT2D eigenvalue weighted by atomic mass is 10.1. The zero-order valence-corrected chi connectivity index (χ0v) is 11.3. The van der Waals surface area contributed by atoms with E-state index >= 15 is 0 Å². The molecule has 1 atom stereocenters. The Balaban J connectivity index is 2.06. The van der Waals surface area contributed by atoms with Crippen molar-refractivity contribution in [1.82, 2.24) is 10.3 Å². The number of rotatable bonds is 5. The molecule has 0 bridgehead atoms. The molecule has 1 N–H and O–H groups in total. The van der Waals surface area contributed by atoms with Gasteiger partial charge in [0, 0.05) is 0 Å². The van der Waals surface area contributed by atoms with E-state index in [-0.39, 0.29) is 17.9 Å². The van der Waals surface area contributed by atoms with E-state index in [2.05, 4.69) is 10.3 Å². The molecule has 0 aliphatic carbocycles. The van der Waals surface area contributed by atoms with Crippen molar-refractivity contribution in [3.8, 4) is 0 Å². The summed E-state index contributed by atoms with van der Waals surface area (Å²) in [5.41, 5.74) is 1.57. The first kappa shape index (κ1) is 13.5. The quantitative estimate of drug-likeness (QED) is 0.836. The number of hydrogen-bond donors (Lipinski definition) is 1. The fraction of sp³-hybridized carbons (Fsp3) is 0.429. The molecule has 0 amide bonds. The maximum atomic E-state index is 11.6. The minimum absolute atomic E-state index is 0.136. The van der Waals surface area contributed by atoms with Crippen LogP contribution in [0.2, 0.25) is 0 Å². The highest BCUT2D eigenvalue weighted by Crippen LogP contribution is 2.15. The van der Waals surface area contributed by atoms with Gasteiger partial charge in [0.15, 0.2) is 5.58 Å². The van der Waals surface area contributed by atoms with Crippen molar-refractivity contribution in [2.75, 3.05) is 7.11 Å². The minimum Gasteiger partial charge on any atom is -0.468 e. The molecule has 1 heterocycles. The third kappa shape index (κ3) is 3.12. The number of fused-ring (bicyclic) bond motifs is 1. The third-order valence-corrected chi connectivity index (χ3v) is 2.93. The standard InChI is InChI=1S/C14H18N2O3/c1-9(2)13(14(17)18-3)15-8-12-16-10-6-4-5-7-11(10)19-12/h4-7,9,13,15H,8H2,1-3H3. The average molecular weight is 262 g/mol. The summed E-state index contributed by atoms with van der Waals surface area (Å²) < 4.78 is 10.4. The second-order valence-electron chi connectivity index (χ2n) is 4.70. The Hall–Kier alpha value is -1.88. The van der Waals surface area contributed by atoms with Gasteiger partial charge in [-0.25, -0.2) is 4.98 Å². The van der Waals surface area contributed by atoms with Crippen molar-refractivity contribution in [2.45, 2.75) is 26.4 Å². The van der Waals surface area contributed by atoms with Crippen LogP contribution >= 0.6 is 0 Å². The van der Waals surface area contributed by atoms with Gasteiger partial charge in [0.25, 0.3) is 0 Å². The Morgan fingerprint density at radius 1 is 1.42 bits per heavy atom. The molecular formula is C14H18N2O3. The molecular weight excluding hydrogens is 244 g/mol. The van der Waals surface area contributed by atoms with Gasteiger partial charge in [-0.1, -0.05) is 26.0 Å². The smallest absolute Gasteiger partial charge is 0.323 e. The van der Waals surface area contributed by atoms with E-state index in [0.29, 0.717) is 12.4 Å². The summed E-state index contributed by atoms with van der Waals surface area (Å²) in [7, 11) is 1.39. The number of methoxy groups -OCH3 is 1. The van der Waals surface area contributed by atoms with Gasteiger partial charge in [-0.3, -0.25) is 10.1 Å². The zero-order chi connectivity index (χ0) is 13.8. The minimum atomic E-state index is -0.361. The lowest BCUT2D eigenvalue weighted by Crippen LogP contribution is -2.41. The Morgan fingerprint density at radius 3 is 2.79 bits per heavy atom. The fourth-order valence-electron chi connectivity index (χ4n) is 1.91. The van der Waals surface area contributed by atoms with Crippen molar-refractivity contribution < 1.29 is 13.9 Å². The van der Waals surface area contributed by atoms with Crippen LogP contribution in [-0.4, -0.2) is 24.1 Å². The van der Waals surface area contributed by atoms with Gasteiger partial charge in [0.2, 0.25) is 5.89 Å². The Morgan fingerprint density at radius 2 is 2.16 bits per heavy atom. The van der Waals surface area contributed by atoms with Gasteiger partial charge in [0.05, 0.1) is 13.7 Å². The van der Waals surface area contributed by atoms with Crippen molar-refractivity contribution in [1.29, 1.82) is 0 Å². The van der Waals surface area contributed by atoms with Crippen LogP contribution < -0.4 is 5.32 Å². The Bertz CT molecular complexity index is 530. The molecule has 5 nitrogen and oxygen atoms in total. The predicted octanol–water partition coefficient (Wildman–Crippen LogP) is 2.11. The average Bonchev–Trinajstić information content (AvgIpc) is 2.80. The van der Waals surface area contributed by atoms with E-state index in [1.807, 2.05) is 38.1 Å². The topological polar surface area (TPSA) is 64.4 Å². The summed E-state index contributed by atoms with van der Waals surface area (Å²) in [6, 6.07) is 7.21. The van der Waals surface area contributed by atoms with Gasteiger partial charge in [-0.2, -0.15) is 0 Å². The maximum Gasteiger partial charge on any atom is 0.323 e. The molecule has 1 aromatic carbocycles. The number of nitrogens with one attached hydrogen (secondary N) is 1. The predicted molar refractivity (Wildman–Crippen MR) is 71.5 cm³/mol. The van der Waals surface area contributed by atoms with Crippen LogP contribution in [-0.2, 0) is 16.1 Å². The summed E-state index contributed by atoms with van der Waals surface area (Å²) in [6.45, 7) is 4.31. The Kier molecular flexibility index (Phi) is 4.16. The number of nitrogens with zero attached hydrogens (tertiary/aromatic N) is 1. The molecule has 1 aromatic heterocycles. The second-order valence-corrected chi connectivity index (χ2v) is 4.70. The molecule has 0 saturated carbocycles. The zero-order valence-electron chi connectivity index (χ0n) is 11.3. The molecule has 0 saturated heterocycles. The first-order valence-corrected chi connectivity index (χ1v) is 6.27. The van der Waals surface area contributed by atoms with Gasteiger partial charge in [-0.05, 0) is 18.1 Å². The fourth-order valence-corrected chi connectivity index (χ4v) is 1.91. The SMILES string of the molecule is COC(=O)C(NCc1nc2ccccc2o1)C(C)C. The lowest BCUT2D eigenvalue weighted by Gasteiger charge is -2.18. The summed E-state index contributed by atoms with van der Waals surface area (Å²) in [5, 5.41) is 3.12. The van der Waals surface area contributed by atoms with E-state index in [4.69, 9.17) is 9.15 Å². The van der Waals surface area contributed by atoms with E-state index in [1.54, 1.807) is 0 Å². The number of aromatic nitrogens is 1. The van der Waals surface area contributed by atoms with Crippen molar-refractivity contribution in [3.63, 3.8) is 0 Å². The number of carbonyl (C=O) groups excluding carboxylic acids is 1. The molecule has 5 heteroatoms. The highest BCUT2D eigenvalue weighted by Gasteiger charge is 2.22. The van der Waals surface area contributed by atoms with Gasteiger partial charge >= 0.3 is 5.97 Å². The number of esters is 1. The third-order valence-electron chi connectivity index (χ3n) is 2.93. The largest absolute Gasteiger partial charge is 0.468 e. The van der Waals surface area contributed by atoms with Gasteiger partial charge in [0.1, 0.15) is 11.6 Å². The number of ether oxygens (including phenoxy) is 1. The van der Waals surface area contributed by atoms with Crippen LogP contribution in [0.5, 0.6) is 0 Å². The lowest BCUT2D eigenvalue weighted by molar-refractivity contribution is -0.144. The Labute approximate surface area is 112 Å². The molecule has 102 valence electrons. The number of para-hydroxylation sites is 2. The van der Waals surface area contributed by atoms with E-state index in [1.165, 1.54) is 7.11 Å². The molecule has 0 aliphatic rings. The van der Waals surface area contributed by atoms with Gasteiger partial charge < -0.3 is 9.15 Å². The van der Waals surface area contributed by atoms with Gasteiger partial charge in [-0.15, -0.1) is 0 Å². The molecule has 0 aliphatic heterocycles.